The zero-order valence-corrected chi connectivity index (χ0v) is 52.1. The van der Waals surface area contributed by atoms with Gasteiger partial charge in [-0.1, -0.05) is 313 Å². The molecule has 448 valence electrons. The van der Waals surface area contributed by atoms with E-state index in [0.717, 1.165) is 64.2 Å². The van der Waals surface area contributed by atoms with Crippen molar-refractivity contribution in [1.82, 2.24) is 5.32 Å². The number of aliphatic hydroxyl groups is 1. The molecule has 0 saturated heterocycles. The van der Waals surface area contributed by atoms with Crippen molar-refractivity contribution < 1.29 is 32.9 Å². The molecule has 0 saturated carbocycles. The first-order chi connectivity index (χ1) is 37.0. The van der Waals surface area contributed by atoms with Gasteiger partial charge in [-0.3, -0.25) is 9.36 Å². The van der Waals surface area contributed by atoms with Gasteiger partial charge in [0.1, 0.15) is 13.2 Å². The molecule has 0 aliphatic rings. The molecular weight excluding hydrogens is 960 g/mol. The van der Waals surface area contributed by atoms with E-state index in [1.54, 1.807) is 0 Å². The van der Waals surface area contributed by atoms with E-state index in [1.807, 2.05) is 21.1 Å². The number of allylic oxidation sites excluding steroid dienone is 8. The number of carbonyl (C=O) groups is 1. The van der Waals surface area contributed by atoms with Crippen LogP contribution in [-0.4, -0.2) is 68.5 Å². The number of likely N-dealkylation sites (N-methyl/N-ethyl adjacent to an activating group) is 1. The number of hydrogen-bond acceptors (Lipinski definition) is 6. The predicted octanol–water partition coefficient (Wildman–Crippen LogP) is 20.0. The Morgan fingerprint density at radius 1 is 0.474 bits per heavy atom. The van der Waals surface area contributed by atoms with Crippen molar-refractivity contribution in [3.63, 3.8) is 0 Å². The Bertz CT molecular complexity index is 1380. The Morgan fingerprint density at radius 3 is 1.17 bits per heavy atom. The summed E-state index contributed by atoms with van der Waals surface area (Å²) in [6.45, 7) is 4.66. The van der Waals surface area contributed by atoms with Crippen LogP contribution in [0, 0.1) is 0 Å². The summed E-state index contributed by atoms with van der Waals surface area (Å²) in [7, 11) is 1.32. The van der Waals surface area contributed by atoms with E-state index in [9.17, 15) is 19.4 Å². The Balaban J connectivity index is 4.06. The predicted molar refractivity (Wildman–Crippen MR) is 330 cm³/mol. The number of phosphoric ester groups is 1. The van der Waals surface area contributed by atoms with E-state index in [0.29, 0.717) is 23.9 Å². The van der Waals surface area contributed by atoms with Crippen LogP contribution < -0.4 is 10.2 Å². The summed E-state index contributed by atoms with van der Waals surface area (Å²) in [6, 6.07) is -0.802. The molecule has 76 heavy (non-hydrogen) atoms. The van der Waals surface area contributed by atoms with Crippen molar-refractivity contribution >= 4 is 13.7 Å². The van der Waals surface area contributed by atoms with Crippen LogP contribution in [0.25, 0.3) is 0 Å². The molecule has 0 radical (unpaired) electrons. The minimum absolute atomic E-state index is 0.0129. The number of nitrogens with one attached hydrogen (secondary N) is 1. The summed E-state index contributed by atoms with van der Waals surface area (Å²) in [5, 5.41) is 14.1. The van der Waals surface area contributed by atoms with Crippen LogP contribution in [-0.2, 0) is 18.4 Å². The number of aliphatic hydroxyl groups excluding tert-OH is 1. The van der Waals surface area contributed by atoms with Gasteiger partial charge in [0.2, 0.25) is 5.91 Å². The lowest BCUT2D eigenvalue weighted by Crippen LogP contribution is -2.46. The van der Waals surface area contributed by atoms with Gasteiger partial charge in [-0.25, -0.2) is 0 Å². The van der Waals surface area contributed by atoms with Crippen molar-refractivity contribution in [1.29, 1.82) is 0 Å². The highest BCUT2D eigenvalue weighted by Gasteiger charge is 2.24. The number of phosphoric acid groups is 1. The van der Waals surface area contributed by atoms with Crippen LogP contribution in [0.3, 0.4) is 0 Å². The third-order valence-electron chi connectivity index (χ3n) is 15.1. The SMILES string of the molecule is CC/C=C\C/C=C\C/C=C\C/C=C\CCCCCCCCCCCCCCCCCCC(=O)NC(COP(=O)([O-])OCC[N+](C)(C)C)C(O)CCCCCCCCCCCCCCCCCCCCCCCCCCC. The van der Waals surface area contributed by atoms with Crippen LogP contribution >= 0.6 is 7.82 Å². The number of amides is 1. The Morgan fingerprint density at radius 2 is 0.803 bits per heavy atom. The first-order valence-electron chi connectivity index (χ1n) is 33.0. The summed E-state index contributed by atoms with van der Waals surface area (Å²) >= 11 is 0. The zero-order chi connectivity index (χ0) is 55.6. The second-order valence-corrected chi connectivity index (χ2v) is 25.2. The fourth-order valence-electron chi connectivity index (χ4n) is 9.98. The molecule has 1 amide bonds. The lowest BCUT2D eigenvalue weighted by atomic mass is 10.0. The number of carbonyl (C=O) groups excluding carboxylic acids is 1. The normalized spacial score (nSPS) is 14.0. The minimum atomic E-state index is -4.58. The van der Waals surface area contributed by atoms with Crippen LogP contribution in [0.1, 0.15) is 322 Å². The first kappa shape index (κ1) is 74.5. The molecule has 0 aliphatic heterocycles. The second kappa shape index (κ2) is 58.1. The molecule has 0 rings (SSSR count). The average molecular weight is 1090 g/mol. The second-order valence-electron chi connectivity index (χ2n) is 23.8. The maximum Gasteiger partial charge on any atom is 0.268 e. The van der Waals surface area contributed by atoms with Gasteiger partial charge in [0, 0.05) is 6.42 Å². The topological polar surface area (TPSA) is 108 Å². The van der Waals surface area contributed by atoms with E-state index >= 15 is 0 Å². The molecule has 0 aromatic heterocycles. The van der Waals surface area contributed by atoms with E-state index in [2.05, 4.69) is 67.8 Å². The van der Waals surface area contributed by atoms with Crippen molar-refractivity contribution in [2.45, 2.75) is 334 Å². The van der Waals surface area contributed by atoms with Gasteiger partial charge in [0.05, 0.1) is 39.9 Å². The van der Waals surface area contributed by atoms with Crippen LogP contribution in [0.15, 0.2) is 48.6 Å². The monoisotopic (exact) mass is 1090 g/mol. The standard InChI is InChI=1S/C67H129N2O6P/c1-6-8-10-12-14-16-18-20-22-24-26-28-30-32-33-34-35-37-39-41-43-45-47-49-51-53-55-57-59-61-67(71)68-65(64-75-76(72,73)74-63-62-69(3,4)5)66(70)60-58-56-54-52-50-48-46-44-42-40-38-36-31-29-27-25-23-21-19-17-15-13-11-9-7-2/h8,10,14,16,20,22,26,28,65-66,70H,6-7,9,11-13,15,17-19,21,23-25,27,29-64H2,1-5H3,(H-,68,71,72,73)/b10-8-,16-14-,22-20-,28-26-. The van der Waals surface area contributed by atoms with Crippen molar-refractivity contribution in [3.05, 3.63) is 48.6 Å². The summed E-state index contributed by atoms with van der Waals surface area (Å²) in [6.07, 6.45) is 77.4. The number of nitrogens with zero attached hydrogens (tertiary/aromatic N) is 1. The Hall–Kier alpha value is -1.54. The maximum atomic E-state index is 13.0. The van der Waals surface area contributed by atoms with Gasteiger partial charge in [0.25, 0.3) is 7.82 Å². The van der Waals surface area contributed by atoms with Crippen molar-refractivity contribution in [2.75, 3.05) is 40.9 Å². The van der Waals surface area contributed by atoms with Crippen molar-refractivity contribution in [3.8, 4) is 0 Å². The van der Waals surface area contributed by atoms with Crippen LogP contribution in [0.4, 0.5) is 0 Å². The van der Waals surface area contributed by atoms with E-state index in [-0.39, 0.29) is 19.1 Å². The van der Waals surface area contributed by atoms with Crippen LogP contribution in [0.5, 0.6) is 0 Å². The first-order valence-corrected chi connectivity index (χ1v) is 34.4. The summed E-state index contributed by atoms with van der Waals surface area (Å²) in [5.41, 5.74) is 0. The largest absolute Gasteiger partial charge is 0.756 e. The Kier molecular flexibility index (Phi) is 56.9. The van der Waals surface area contributed by atoms with E-state index in [1.165, 1.54) is 231 Å². The highest BCUT2D eigenvalue weighted by molar-refractivity contribution is 7.45. The molecule has 0 heterocycles. The molecule has 8 nitrogen and oxygen atoms in total. The highest BCUT2D eigenvalue weighted by atomic mass is 31.2. The number of quaternary nitrogens is 1. The molecule has 0 aromatic rings. The molecule has 0 aliphatic carbocycles. The molecule has 3 atom stereocenters. The number of rotatable bonds is 61. The van der Waals surface area contributed by atoms with E-state index in [4.69, 9.17) is 9.05 Å². The molecule has 0 aromatic carbocycles. The lowest BCUT2D eigenvalue weighted by Gasteiger charge is -2.30. The number of unbranched alkanes of at least 4 members (excludes halogenated alkanes) is 40. The third-order valence-corrected chi connectivity index (χ3v) is 16.0. The molecule has 2 N–H and O–H groups in total. The molecule has 0 spiro atoms. The fraction of sp³-hybridized carbons (Fsp3) is 0.866. The maximum absolute atomic E-state index is 13.0. The zero-order valence-electron chi connectivity index (χ0n) is 51.2. The molecule has 0 bridgehead atoms. The molecule has 0 fully saturated rings. The minimum Gasteiger partial charge on any atom is -0.756 e. The molecular formula is C67H129N2O6P. The molecule has 9 heteroatoms. The van der Waals surface area contributed by atoms with Gasteiger partial charge in [-0.05, 0) is 51.4 Å². The quantitative estimate of drug-likeness (QED) is 0.0272. The summed E-state index contributed by atoms with van der Waals surface area (Å²) in [5.74, 6) is -0.160. The Labute approximate surface area is 473 Å². The smallest absolute Gasteiger partial charge is 0.268 e. The van der Waals surface area contributed by atoms with Crippen LogP contribution in [0.2, 0.25) is 0 Å². The summed E-state index contributed by atoms with van der Waals surface area (Å²) < 4.78 is 23.5. The number of hydrogen-bond donors (Lipinski definition) is 2. The van der Waals surface area contributed by atoms with Gasteiger partial charge in [0.15, 0.2) is 0 Å². The average Bonchev–Trinajstić information content (AvgIpc) is 3.38. The van der Waals surface area contributed by atoms with Gasteiger partial charge < -0.3 is 28.8 Å². The highest BCUT2D eigenvalue weighted by Crippen LogP contribution is 2.38. The van der Waals surface area contributed by atoms with Crippen molar-refractivity contribution in [2.24, 2.45) is 0 Å². The van der Waals surface area contributed by atoms with Gasteiger partial charge in [-0.2, -0.15) is 0 Å². The molecule has 3 unspecified atom stereocenters. The van der Waals surface area contributed by atoms with Gasteiger partial charge >= 0.3 is 0 Å². The fourth-order valence-corrected chi connectivity index (χ4v) is 10.7. The van der Waals surface area contributed by atoms with Gasteiger partial charge in [-0.15, -0.1) is 0 Å². The lowest BCUT2D eigenvalue weighted by molar-refractivity contribution is -0.870. The van der Waals surface area contributed by atoms with E-state index < -0.39 is 20.0 Å². The summed E-state index contributed by atoms with van der Waals surface area (Å²) in [4.78, 5) is 25.6. The third kappa shape index (κ3) is 60.1.